The molecule has 1 aromatic carbocycles. The van der Waals surface area contributed by atoms with Crippen LogP contribution in [-0.4, -0.2) is 77.7 Å². The molecule has 4 N–H and O–H groups in total. The molecule has 2 unspecified atom stereocenters. The maximum Gasteiger partial charge on any atom is 0.305 e. The van der Waals surface area contributed by atoms with E-state index >= 15 is 0 Å². The number of carbonyl (C=O) groups is 6. The van der Waals surface area contributed by atoms with E-state index in [1.807, 2.05) is 6.92 Å². The van der Waals surface area contributed by atoms with Crippen LogP contribution in [0.15, 0.2) is 24.3 Å². The fourth-order valence-electron chi connectivity index (χ4n) is 4.67. The van der Waals surface area contributed by atoms with Crippen LogP contribution in [-0.2, 0) is 24.0 Å². The molecular weight excluding hydrogens is 510 g/mol. The molecule has 1 aliphatic heterocycles. The lowest BCUT2D eigenvalue weighted by atomic mass is 10.0. The molecule has 1 saturated heterocycles. The van der Waals surface area contributed by atoms with Gasteiger partial charge in [-0.2, -0.15) is 5.01 Å². The number of hydroxylamine groups is 1. The summed E-state index contributed by atoms with van der Waals surface area (Å²) in [5, 5.41) is 27.3. The molecule has 1 saturated carbocycles. The van der Waals surface area contributed by atoms with Crippen molar-refractivity contribution in [3.05, 3.63) is 35.0 Å². The molecule has 1 aliphatic carbocycles. The number of benzene rings is 1. The summed E-state index contributed by atoms with van der Waals surface area (Å²) < 4.78 is 0. The molecule has 4 amide bonds. The van der Waals surface area contributed by atoms with Crippen LogP contribution >= 0.6 is 0 Å². The van der Waals surface area contributed by atoms with Crippen LogP contribution in [0, 0.1) is 10.6 Å². The molecule has 13 nitrogen and oxygen atoms in total. The van der Waals surface area contributed by atoms with E-state index in [1.165, 1.54) is 11.8 Å². The Kier molecular flexibility index (Phi) is 9.41. The molecule has 1 aromatic rings. The van der Waals surface area contributed by atoms with Crippen molar-refractivity contribution in [2.45, 2.75) is 70.5 Å². The zero-order valence-corrected chi connectivity index (χ0v) is 22.3. The summed E-state index contributed by atoms with van der Waals surface area (Å²) >= 11 is 0. The highest BCUT2D eigenvalue weighted by Gasteiger charge is 2.51. The Morgan fingerprint density at radius 2 is 1.92 bits per heavy atom. The smallest absolute Gasteiger partial charge is 0.305 e. The Morgan fingerprint density at radius 1 is 1.26 bits per heavy atom. The number of carboxylic acid groups (broad SMARTS) is 1. The second-order valence-electron chi connectivity index (χ2n) is 10.4. The monoisotopic (exact) mass is 545 g/mol. The number of amides is 4. The van der Waals surface area contributed by atoms with Crippen molar-refractivity contribution in [2.75, 3.05) is 18.5 Å². The minimum atomic E-state index is -1.27. The van der Waals surface area contributed by atoms with Crippen molar-refractivity contribution in [3.63, 3.8) is 0 Å². The highest BCUT2D eigenvalue weighted by molar-refractivity contribution is 5.96. The summed E-state index contributed by atoms with van der Waals surface area (Å²) in [7, 11) is 1.65. The first-order valence-corrected chi connectivity index (χ1v) is 12.8. The number of nitrogens with one attached hydrogen (secondary N) is 3. The van der Waals surface area contributed by atoms with Crippen molar-refractivity contribution >= 4 is 41.6 Å². The fourth-order valence-corrected chi connectivity index (χ4v) is 4.67. The zero-order chi connectivity index (χ0) is 28.9. The van der Waals surface area contributed by atoms with Gasteiger partial charge < -0.3 is 30.6 Å². The van der Waals surface area contributed by atoms with Gasteiger partial charge in [-0.15, -0.1) is 0 Å². The third-order valence-electron chi connectivity index (χ3n) is 7.50. The third-order valence-corrected chi connectivity index (χ3v) is 7.50. The Labute approximate surface area is 226 Å². The van der Waals surface area contributed by atoms with Crippen molar-refractivity contribution in [1.82, 2.24) is 15.6 Å². The van der Waals surface area contributed by atoms with Crippen LogP contribution in [0.3, 0.4) is 0 Å². The van der Waals surface area contributed by atoms with Crippen LogP contribution in [0.5, 0.6) is 0 Å². The summed E-state index contributed by atoms with van der Waals surface area (Å²) in [6.45, 7) is 3.58. The maximum absolute atomic E-state index is 12.9. The fraction of sp³-hybridized carbons (Fsp3) is 0.538. The normalized spacial score (nSPS) is 24.7. The number of carboxylic acids is 1. The zero-order valence-electron chi connectivity index (χ0n) is 22.3. The van der Waals surface area contributed by atoms with Gasteiger partial charge in [0.15, 0.2) is 6.04 Å². The minimum Gasteiger partial charge on any atom is -0.607 e. The number of carbonyl (C=O) groups excluding carboxylic acids is 5. The first kappa shape index (κ1) is 29.7. The van der Waals surface area contributed by atoms with Gasteiger partial charge >= 0.3 is 5.97 Å². The van der Waals surface area contributed by atoms with Crippen LogP contribution in [0.25, 0.3) is 0 Å². The summed E-state index contributed by atoms with van der Waals surface area (Å²) in [5.41, 5.74) is 0.804. The third kappa shape index (κ3) is 7.39. The van der Waals surface area contributed by atoms with E-state index in [-0.39, 0.29) is 42.7 Å². The number of aliphatic carboxylic acids is 1. The molecular formula is C26H35N5O8. The number of quaternary nitrogens is 1. The standard InChI is InChI=1S/C26H35N5O8/c1-16(33)29(3)19-8-6-17(7-9-19)24(37)28-21-14-26(21,2)11-10-22(34)30-12-4-5-20(31(30)39)25(38)27-18(15-32)13-23(35)36/h6-9,15,18,20-21,31H,4-5,10-14H2,1-3H3,(H,27,38)(H,28,37)(H,35,36)/t18-,20-,21-,26?/m0/s1. The Hall–Kier alpha value is -3.84. The molecule has 2 aliphatic rings. The second kappa shape index (κ2) is 12.3. The highest BCUT2D eigenvalue weighted by atomic mass is 16.6. The minimum absolute atomic E-state index is 0.0605. The molecule has 39 heavy (non-hydrogen) atoms. The van der Waals surface area contributed by atoms with Crippen LogP contribution in [0.1, 0.15) is 62.7 Å². The molecule has 0 aromatic heterocycles. The van der Waals surface area contributed by atoms with Crippen molar-refractivity contribution in [1.29, 1.82) is 0 Å². The van der Waals surface area contributed by atoms with Gasteiger partial charge in [0.05, 0.1) is 19.0 Å². The number of hydrogen-bond donors (Lipinski definition) is 4. The summed E-state index contributed by atoms with van der Waals surface area (Å²) in [6.07, 6.45) is 1.49. The lowest BCUT2D eigenvalue weighted by Crippen LogP contribution is -3.20. The Balaban J connectivity index is 1.50. The van der Waals surface area contributed by atoms with Gasteiger partial charge in [-0.05, 0) is 48.9 Å². The highest BCUT2D eigenvalue weighted by Crippen LogP contribution is 2.49. The van der Waals surface area contributed by atoms with E-state index in [0.29, 0.717) is 36.8 Å². The lowest BCUT2D eigenvalue weighted by molar-refractivity contribution is -0.978. The Bertz CT molecular complexity index is 1130. The molecule has 0 radical (unpaired) electrons. The summed E-state index contributed by atoms with van der Waals surface area (Å²) in [5.74, 6) is -2.84. The van der Waals surface area contributed by atoms with Crippen molar-refractivity contribution in [3.8, 4) is 0 Å². The molecule has 0 spiro atoms. The van der Waals surface area contributed by atoms with Crippen LogP contribution < -0.4 is 20.7 Å². The van der Waals surface area contributed by atoms with Crippen LogP contribution in [0.4, 0.5) is 5.69 Å². The van der Waals surface area contributed by atoms with Gasteiger partial charge in [0.25, 0.3) is 17.7 Å². The lowest BCUT2D eigenvalue weighted by Gasteiger charge is -2.42. The van der Waals surface area contributed by atoms with Gasteiger partial charge in [-0.25, -0.2) is 0 Å². The molecule has 0 bridgehead atoms. The predicted molar refractivity (Wildman–Crippen MR) is 138 cm³/mol. The molecule has 3 rings (SSSR count). The van der Waals surface area contributed by atoms with Gasteiger partial charge in [0.1, 0.15) is 6.29 Å². The Morgan fingerprint density at radius 3 is 2.51 bits per heavy atom. The molecule has 212 valence electrons. The van der Waals surface area contributed by atoms with Gasteiger partial charge in [-0.1, -0.05) is 6.92 Å². The van der Waals surface area contributed by atoms with E-state index in [1.54, 1.807) is 31.3 Å². The van der Waals surface area contributed by atoms with Gasteiger partial charge in [0, 0.05) is 44.1 Å². The average molecular weight is 546 g/mol. The average Bonchev–Trinajstić information content (AvgIpc) is 3.54. The van der Waals surface area contributed by atoms with E-state index in [9.17, 15) is 34.0 Å². The van der Waals surface area contributed by atoms with E-state index < -0.39 is 41.5 Å². The number of rotatable bonds is 11. The van der Waals surface area contributed by atoms with Crippen LogP contribution in [0.2, 0.25) is 0 Å². The molecule has 1 heterocycles. The predicted octanol–water partition coefficient (Wildman–Crippen LogP) is -0.595. The number of aldehydes is 1. The van der Waals surface area contributed by atoms with Crippen molar-refractivity contribution in [2.24, 2.45) is 5.41 Å². The van der Waals surface area contributed by atoms with E-state index in [2.05, 4.69) is 10.6 Å². The first-order chi connectivity index (χ1) is 18.4. The quantitative estimate of drug-likeness (QED) is 0.210. The SMILES string of the molecule is CC(=O)N(C)c1ccc(C(=O)N[C@H]2CC2(C)CCC(=O)N2CCC[C@@H](C(=O)N[C@H](C=O)CC(=O)O)[NH+]2[O-])cc1. The van der Waals surface area contributed by atoms with Gasteiger partial charge in [0.2, 0.25) is 5.91 Å². The molecule has 13 heteroatoms. The van der Waals surface area contributed by atoms with E-state index in [0.717, 1.165) is 5.01 Å². The maximum atomic E-state index is 12.9. The number of anilines is 1. The largest absolute Gasteiger partial charge is 0.607 e. The molecule has 5 atom stereocenters. The number of nitrogens with zero attached hydrogens (tertiary/aromatic N) is 2. The second-order valence-corrected chi connectivity index (χ2v) is 10.4. The summed E-state index contributed by atoms with van der Waals surface area (Å²) in [6, 6.07) is 4.11. The van der Waals surface area contributed by atoms with E-state index in [4.69, 9.17) is 5.11 Å². The summed E-state index contributed by atoms with van der Waals surface area (Å²) in [4.78, 5) is 73.0. The first-order valence-electron chi connectivity index (χ1n) is 12.8. The van der Waals surface area contributed by atoms with Crippen molar-refractivity contribution < 1.29 is 39.0 Å². The number of hydrogen-bond acceptors (Lipinski definition) is 7. The van der Waals surface area contributed by atoms with Gasteiger partial charge in [-0.3, -0.25) is 29.1 Å². The topological polar surface area (TPSA) is 181 Å². The molecule has 2 fully saturated rings.